The molecule has 0 fully saturated rings. The number of H-pyrrole nitrogens is 2. The van der Waals surface area contributed by atoms with E-state index in [0.29, 0.717) is 10.7 Å². The summed E-state index contributed by atoms with van der Waals surface area (Å²) in [5, 5.41) is 5.75. The number of benzene rings is 1. The van der Waals surface area contributed by atoms with Crippen molar-refractivity contribution in [3.8, 4) is 5.75 Å². The second-order valence-electron chi connectivity index (χ2n) is 4.86. The van der Waals surface area contributed by atoms with Crippen molar-refractivity contribution in [2.24, 2.45) is 5.92 Å². The third-order valence-corrected chi connectivity index (χ3v) is 4.19. The van der Waals surface area contributed by atoms with E-state index in [1.807, 2.05) is 23.9 Å². The molecular weight excluding hydrogens is 290 g/mol. The van der Waals surface area contributed by atoms with Gasteiger partial charge in [-0.1, -0.05) is 19.1 Å². The molecule has 1 aromatic heterocycles. The zero-order valence-electron chi connectivity index (χ0n) is 11.7. The largest absolute Gasteiger partial charge is 0.493 e. The topological polar surface area (TPSA) is 53.7 Å². The molecular formula is C14H19N3OS2. The molecule has 108 valence electrons. The van der Waals surface area contributed by atoms with E-state index in [0.717, 1.165) is 29.7 Å². The molecule has 1 unspecified atom stereocenters. The van der Waals surface area contributed by atoms with Gasteiger partial charge in [-0.2, -0.15) is 11.8 Å². The first-order valence-electron chi connectivity index (χ1n) is 6.54. The summed E-state index contributed by atoms with van der Waals surface area (Å²) in [5.41, 5.74) is 1.22. The normalized spacial score (nSPS) is 12.3. The van der Waals surface area contributed by atoms with E-state index >= 15 is 0 Å². The summed E-state index contributed by atoms with van der Waals surface area (Å²) in [6.45, 7) is 4.99. The highest BCUT2D eigenvalue weighted by Crippen LogP contribution is 2.16. The Morgan fingerprint density at radius 2 is 2.25 bits per heavy atom. The van der Waals surface area contributed by atoms with Crippen molar-refractivity contribution in [2.45, 2.75) is 19.6 Å². The minimum Gasteiger partial charge on any atom is -0.493 e. The summed E-state index contributed by atoms with van der Waals surface area (Å²) in [6.07, 6.45) is 0. The number of ether oxygens (including phenoxy) is 1. The van der Waals surface area contributed by atoms with Gasteiger partial charge in [-0.05, 0) is 48.5 Å². The summed E-state index contributed by atoms with van der Waals surface area (Å²) >= 11 is 6.74. The lowest BCUT2D eigenvalue weighted by molar-refractivity contribution is 0.273. The Morgan fingerprint density at radius 3 is 2.95 bits per heavy atom. The first-order chi connectivity index (χ1) is 9.63. The van der Waals surface area contributed by atoms with Crippen molar-refractivity contribution in [3.05, 3.63) is 40.4 Å². The van der Waals surface area contributed by atoms with Gasteiger partial charge in [0.25, 0.3) is 0 Å². The standard InChI is InChI=1S/C14H19N3OS2/c1-10-4-3-5-12(6-10)18-7-11(2)8-20-9-13-15-14(19)17-16-13/h3-6,11H,7-9H2,1-2H3,(H2,15,16,17,19). The Morgan fingerprint density at radius 1 is 1.40 bits per heavy atom. The molecule has 1 atom stereocenters. The third-order valence-electron chi connectivity index (χ3n) is 2.72. The maximum atomic E-state index is 5.80. The van der Waals surface area contributed by atoms with Gasteiger partial charge >= 0.3 is 0 Å². The van der Waals surface area contributed by atoms with E-state index < -0.39 is 0 Å². The molecule has 2 N–H and O–H groups in total. The Balaban J connectivity index is 1.67. The summed E-state index contributed by atoms with van der Waals surface area (Å²) in [5.74, 6) is 4.19. The fourth-order valence-corrected chi connectivity index (χ4v) is 2.83. The molecule has 20 heavy (non-hydrogen) atoms. The average molecular weight is 309 g/mol. The lowest BCUT2D eigenvalue weighted by Crippen LogP contribution is -2.11. The average Bonchev–Trinajstić information content (AvgIpc) is 2.82. The highest BCUT2D eigenvalue weighted by Gasteiger charge is 2.05. The maximum absolute atomic E-state index is 5.80. The van der Waals surface area contributed by atoms with Gasteiger partial charge < -0.3 is 4.74 Å². The quantitative estimate of drug-likeness (QED) is 0.765. The summed E-state index contributed by atoms with van der Waals surface area (Å²) in [7, 11) is 0. The number of hydrogen-bond donors (Lipinski definition) is 2. The van der Waals surface area contributed by atoms with Crippen molar-refractivity contribution >= 4 is 24.0 Å². The Hall–Kier alpha value is -1.27. The first kappa shape index (κ1) is 15.1. The number of nitrogens with zero attached hydrogens (tertiary/aromatic N) is 1. The van der Waals surface area contributed by atoms with Crippen LogP contribution in [0.2, 0.25) is 0 Å². The molecule has 2 aromatic rings. The van der Waals surface area contributed by atoms with Crippen molar-refractivity contribution in [1.29, 1.82) is 0 Å². The van der Waals surface area contributed by atoms with Gasteiger partial charge in [0.15, 0.2) is 0 Å². The van der Waals surface area contributed by atoms with Gasteiger partial charge in [0, 0.05) is 0 Å². The number of thioether (sulfide) groups is 1. The van der Waals surface area contributed by atoms with Crippen molar-refractivity contribution in [3.63, 3.8) is 0 Å². The van der Waals surface area contributed by atoms with Crippen LogP contribution < -0.4 is 4.74 Å². The van der Waals surface area contributed by atoms with Gasteiger partial charge in [0.05, 0.1) is 12.4 Å². The molecule has 0 spiro atoms. The van der Waals surface area contributed by atoms with E-state index in [-0.39, 0.29) is 0 Å². The smallest absolute Gasteiger partial charge is 0.213 e. The fourth-order valence-electron chi connectivity index (χ4n) is 1.72. The van der Waals surface area contributed by atoms with Crippen LogP contribution in [0.3, 0.4) is 0 Å². The minimum absolute atomic E-state index is 0.488. The molecule has 0 saturated carbocycles. The summed E-state index contributed by atoms with van der Waals surface area (Å²) < 4.78 is 6.31. The number of hydrogen-bond acceptors (Lipinski definition) is 4. The van der Waals surface area contributed by atoms with E-state index in [4.69, 9.17) is 17.0 Å². The molecule has 1 heterocycles. The molecule has 0 amide bonds. The van der Waals surface area contributed by atoms with Gasteiger partial charge in [-0.15, -0.1) is 0 Å². The van der Waals surface area contributed by atoms with E-state index in [9.17, 15) is 0 Å². The molecule has 2 rings (SSSR count). The Kier molecular flexibility index (Phi) is 5.67. The van der Waals surface area contributed by atoms with E-state index in [2.05, 4.69) is 41.2 Å². The number of nitrogens with one attached hydrogen (secondary N) is 2. The predicted octanol–water partition coefficient (Wildman–Crippen LogP) is 3.72. The van der Waals surface area contributed by atoms with E-state index in [1.165, 1.54) is 5.56 Å². The summed E-state index contributed by atoms with van der Waals surface area (Å²) in [6, 6.07) is 8.14. The Labute approximate surface area is 128 Å². The molecule has 4 nitrogen and oxygen atoms in total. The molecule has 0 bridgehead atoms. The van der Waals surface area contributed by atoms with Crippen LogP contribution in [0.25, 0.3) is 0 Å². The second-order valence-corrected chi connectivity index (χ2v) is 6.28. The third kappa shape index (κ3) is 5.02. The molecule has 0 aliphatic carbocycles. The molecule has 0 aliphatic heterocycles. The first-order valence-corrected chi connectivity index (χ1v) is 8.10. The monoisotopic (exact) mass is 309 g/mol. The van der Waals surface area contributed by atoms with Crippen LogP contribution in [-0.2, 0) is 5.75 Å². The summed E-state index contributed by atoms with van der Waals surface area (Å²) in [4.78, 5) is 4.16. The number of aromatic amines is 2. The molecule has 6 heteroatoms. The van der Waals surface area contributed by atoms with Crippen LogP contribution in [0.4, 0.5) is 0 Å². The van der Waals surface area contributed by atoms with Gasteiger partial charge in [0.2, 0.25) is 4.77 Å². The SMILES string of the molecule is Cc1cccc(OCC(C)CSCc2nc(=S)[nH][nH]2)c1. The highest BCUT2D eigenvalue weighted by atomic mass is 32.2. The van der Waals surface area contributed by atoms with Crippen LogP contribution in [0.1, 0.15) is 18.3 Å². The Bertz CT molecular complexity index is 594. The second kappa shape index (κ2) is 7.50. The van der Waals surface area contributed by atoms with Crippen LogP contribution in [0, 0.1) is 17.6 Å². The highest BCUT2D eigenvalue weighted by molar-refractivity contribution is 7.98. The fraction of sp³-hybridized carbons (Fsp3) is 0.429. The zero-order valence-corrected chi connectivity index (χ0v) is 13.3. The molecule has 0 aliphatic rings. The van der Waals surface area contributed by atoms with Crippen LogP contribution >= 0.6 is 24.0 Å². The maximum Gasteiger partial charge on any atom is 0.213 e. The molecule has 0 radical (unpaired) electrons. The predicted molar refractivity (Wildman–Crippen MR) is 85.8 cm³/mol. The minimum atomic E-state index is 0.488. The molecule has 0 saturated heterocycles. The van der Waals surface area contributed by atoms with Crippen LogP contribution in [0.5, 0.6) is 5.75 Å². The van der Waals surface area contributed by atoms with Crippen molar-refractivity contribution in [1.82, 2.24) is 15.2 Å². The number of aromatic nitrogens is 3. The van der Waals surface area contributed by atoms with Crippen LogP contribution in [-0.4, -0.2) is 27.5 Å². The van der Waals surface area contributed by atoms with Crippen LogP contribution in [0.15, 0.2) is 24.3 Å². The van der Waals surface area contributed by atoms with Gasteiger partial charge in [-0.3, -0.25) is 10.2 Å². The zero-order chi connectivity index (χ0) is 14.4. The lowest BCUT2D eigenvalue weighted by atomic mass is 10.2. The van der Waals surface area contributed by atoms with Crippen molar-refractivity contribution in [2.75, 3.05) is 12.4 Å². The lowest BCUT2D eigenvalue weighted by Gasteiger charge is -2.12. The van der Waals surface area contributed by atoms with Gasteiger partial charge in [-0.25, -0.2) is 4.98 Å². The number of rotatable bonds is 7. The van der Waals surface area contributed by atoms with Crippen molar-refractivity contribution < 1.29 is 4.74 Å². The molecule has 1 aromatic carbocycles. The van der Waals surface area contributed by atoms with E-state index in [1.54, 1.807) is 0 Å². The van der Waals surface area contributed by atoms with Gasteiger partial charge in [0.1, 0.15) is 11.6 Å². The number of aryl methyl sites for hydroxylation is 1.